The van der Waals surface area contributed by atoms with Crippen LogP contribution in [-0.2, 0) is 12.8 Å². The molecule has 5 nitrogen and oxygen atoms in total. The molecule has 0 aliphatic carbocycles. The van der Waals surface area contributed by atoms with E-state index in [0.717, 1.165) is 29.8 Å². The van der Waals surface area contributed by atoms with Gasteiger partial charge in [0.15, 0.2) is 0 Å². The van der Waals surface area contributed by atoms with Crippen molar-refractivity contribution in [1.82, 2.24) is 15.1 Å². The summed E-state index contributed by atoms with van der Waals surface area (Å²) in [7, 11) is 0. The third kappa shape index (κ3) is 2.86. The Morgan fingerprint density at radius 3 is 2.65 bits per heavy atom. The van der Waals surface area contributed by atoms with Crippen LogP contribution < -0.4 is 0 Å². The van der Waals surface area contributed by atoms with Crippen molar-refractivity contribution in [3.05, 3.63) is 70.9 Å². The van der Waals surface area contributed by atoms with E-state index in [0.29, 0.717) is 24.2 Å². The average Bonchev–Trinajstić information content (AvgIpc) is 2.95. The van der Waals surface area contributed by atoms with E-state index in [4.69, 9.17) is 0 Å². The maximum absolute atomic E-state index is 12.9. The monoisotopic (exact) mass is 347 g/mol. The Morgan fingerprint density at radius 1 is 1.08 bits per heavy atom. The number of carbonyl (C=O) groups excluding carboxylic acids is 1. The van der Waals surface area contributed by atoms with Crippen LogP contribution in [0.15, 0.2) is 48.5 Å². The number of phenols is 1. The van der Waals surface area contributed by atoms with Gasteiger partial charge in [-0.05, 0) is 25.5 Å². The molecule has 0 fully saturated rings. The van der Waals surface area contributed by atoms with Gasteiger partial charge in [-0.15, -0.1) is 0 Å². The average molecular weight is 347 g/mol. The van der Waals surface area contributed by atoms with E-state index in [9.17, 15) is 9.90 Å². The summed E-state index contributed by atoms with van der Waals surface area (Å²) in [6.45, 7) is 3.05. The van der Waals surface area contributed by atoms with Crippen LogP contribution in [0.25, 0.3) is 11.3 Å². The van der Waals surface area contributed by atoms with Gasteiger partial charge in [0.2, 0.25) is 0 Å². The van der Waals surface area contributed by atoms with Crippen molar-refractivity contribution in [2.45, 2.75) is 19.8 Å². The van der Waals surface area contributed by atoms with Crippen molar-refractivity contribution in [3.8, 4) is 17.0 Å². The Bertz CT molecular complexity index is 947. The third-order valence-corrected chi connectivity index (χ3v) is 5.09. The van der Waals surface area contributed by atoms with E-state index < -0.39 is 0 Å². The van der Waals surface area contributed by atoms with Gasteiger partial charge in [-0.1, -0.05) is 36.4 Å². The molecule has 3 aromatic rings. The van der Waals surface area contributed by atoms with Crippen molar-refractivity contribution in [2.24, 2.45) is 0 Å². The molecule has 0 radical (unpaired) electrons. The summed E-state index contributed by atoms with van der Waals surface area (Å²) in [6.07, 6.45) is 1.51. The number of aromatic hydroxyl groups is 1. The lowest BCUT2D eigenvalue weighted by Crippen LogP contribution is -2.33. The van der Waals surface area contributed by atoms with Gasteiger partial charge in [0.05, 0.1) is 5.69 Å². The van der Waals surface area contributed by atoms with Crippen molar-refractivity contribution in [1.29, 1.82) is 0 Å². The molecule has 5 heteroatoms. The zero-order valence-electron chi connectivity index (χ0n) is 14.7. The molecular formula is C21H21N3O2. The largest absolute Gasteiger partial charge is 0.508 e. The first-order valence-electron chi connectivity index (χ1n) is 8.84. The van der Waals surface area contributed by atoms with Gasteiger partial charge in [0, 0.05) is 47.5 Å². The molecule has 1 aliphatic heterocycles. The number of H-pyrrole nitrogens is 1. The lowest BCUT2D eigenvalue weighted by atomic mass is 10.0. The van der Waals surface area contributed by atoms with Gasteiger partial charge >= 0.3 is 0 Å². The van der Waals surface area contributed by atoms with Gasteiger partial charge in [0.25, 0.3) is 5.91 Å². The van der Waals surface area contributed by atoms with E-state index in [1.54, 1.807) is 25.1 Å². The quantitative estimate of drug-likeness (QED) is 0.747. The molecule has 1 aromatic heterocycles. The fourth-order valence-electron chi connectivity index (χ4n) is 3.55. The minimum absolute atomic E-state index is 0.0298. The molecule has 0 saturated carbocycles. The zero-order chi connectivity index (χ0) is 18.1. The molecule has 1 amide bonds. The SMILES string of the molecule is Cc1c(O)cccc1C(=O)N1CCc2[nH]nc(-c3ccccc3)c2CC1. The first kappa shape index (κ1) is 16.4. The number of aromatic amines is 1. The summed E-state index contributed by atoms with van der Waals surface area (Å²) in [5.41, 5.74) is 5.56. The number of nitrogens with zero attached hydrogens (tertiary/aromatic N) is 2. The minimum Gasteiger partial charge on any atom is -0.508 e. The number of rotatable bonds is 2. The molecule has 26 heavy (non-hydrogen) atoms. The van der Waals surface area contributed by atoms with Crippen LogP contribution in [0.2, 0.25) is 0 Å². The Hall–Kier alpha value is -3.08. The molecule has 0 unspecified atom stereocenters. The lowest BCUT2D eigenvalue weighted by molar-refractivity contribution is 0.0761. The number of carbonyl (C=O) groups is 1. The second kappa shape index (κ2) is 6.67. The summed E-state index contributed by atoms with van der Waals surface area (Å²) in [5, 5.41) is 17.5. The molecule has 2 heterocycles. The topological polar surface area (TPSA) is 69.2 Å². The molecule has 4 rings (SSSR count). The zero-order valence-corrected chi connectivity index (χ0v) is 14.7. The first-order valence-corrected chi connectivity index (χ1v) is 8.84. The fourth-order valence-corrected chi connectivity index (χ4v) is 3.55. The molecule has 0 atom stereocenters. The van der Waals surface area contributed by atoms with Crippen LogP contribution in [-0.4, -0.2) is 39.2 Å². The van der Waals surface area contributed by atoms with Gasteiger partial charge < -0.3 is 10.0 Å². The number of hydrogen-bond donors (Lipinski definition) is 2. The van der Waals surface area contributed by atoms with Crippen LogP contribution >= 0.6 is 0 Å². The number of hydrogen-bond acceptors (Lipinski definition) is 3. The van der Waals surface area contributed by atoms with Crippen LogP contribution in [0.3, 0.4) is 0 Å². The molecule has 0 saturated heterocycles. The van der Waals surface area contributed by atoms with E-state index >= 15 is 0 Å². The predicted octanol–water partition coefficient (Wildman–Crippen LogP) is 3.33. The highest BCUT2D eigenvalue weighted by Crippen LogP contribution is 2.27. The van der Waals surface area contributed by atoms with Crippen molar-refractivity contribution >= 4 is 5.91 Å². The van der Waals surface area contributed by atoms with Gasteiger partial charge in [-0.3, -0.25) is 9.89 Å². The fraction of sp³-hybridized carbons (Fsp3) is 0.238. The van der Waals surface area contributed by atoms with Crippen molar-refractivity contribution in [3.63, 3.8) is 0 Å². The number of nitrogens with one attached hydrogen (secondary N) is 1. The van der Waals surface area contributed by atoms with Gasteiger partial charge in [-0.25, -0.2) is 0 Å². The number of phenolic OH excluding ortho intramolecular Hbond substituents is 1. The van der Waals surface area contributed by atoms with E-state index in [-0.39, 0.29) is 11.7 Å². The van der Waals surface area contributed by atoms with Gasteiger partial charge in [-0.2, -0.15) is 5.10 Å². The molecule has 1 aliphatic rings. The van der Waals surface area contributed by atoms with Gasteiger partial charge in [0.1, 0.15) is 5.75 Å². The Morgan fingerprint density at radius 2 is 1.85 bits per heavy atom. The standard InChI is InChI=1S/C21H21N3O2/c1-14-16(8-5-9-19(14)25)21(26)24-12-10-17-18(11-13-24)22-23-20(17)15-6-3-2-4-7-15/h2-9,25H,10-13H2,1H3,(H,22,23). The molecule has 2 aromatic carbocycles. The second-order valence-corrected chi connectivity index (χ2v) is 6.64. The smallest absolute Gasteiger partial charge is 0.254 e. The van der Waals surface area contributed by atoms with E-state index in [1.807, 2.05) is 23.1 Å². The summed E-state index contributed by atoms with van der Waals surface area (Å²) < 4.78 is 0. The number of benzene rings is 2. The second-order valence-electron chi connectivity index (χ2n) is 6.64. The Balaban J connectivity index is 1.58. The summed E-state index contributed by atoms with van der Waals surface area (Å²) in [4.78, 5) is 14.8. The predicted molar refractivity (Wildman–Crippen MR) is 100 cm³/mol. The molecule has 2 N–H and O–H groups in total. The Kier molecular flexibility index (Phi) is 4.21. The Labute approximate surface area is 152 Å². The van der Waals surface area contributed by atoms with Crippen molar-refractivity contribution in [2.75, 3.05) is 13.1 Å². The maximum atomic E-state index is 12.9. The highest BCUT2D eigenvalue weighted by atomic mass is 16.3. The number of aromatic nitrogens is 2. The number of fused-ring (bicyclic) bond motifs is 1. The van der Waals surface area contributed by atoms with Crippen molar-refractivity contribution < 1.29 is 9.90 Å². The molecule has 0 bridgehead atoms. The summed E-state index contributed by atoms with van der Waals surface area (Å²) in [6, 6.07) is 15.2. The van der Waals surface area contributed by atoms with Crippen LogP contribution in [0.5, 0.6) is 5.75 Å². The van der Waals surface area contributed by atoms with Crippen LogP contribution in [0.4, 0.5) is 0 Å². The lowest BCUT2D eigenvalue weighted by Gasteiger charge is -2.21. The molecule has 0 spiro atoms. The molecule has 132 valence electrons. The molecular weight excluding hydrogens is 326 g/mol. The summed E-state index contributed by atoms with van der Waals surface area (Å²) in [5.74, 6) is 0.129. The minimum atomic E-state index is -0.0298. The van der Waals surface area contributed by atoms with E-state index in [1.165, 1.54) is 5.56 Å². The van der Waals surface area contributed by atoms with Crippen LogP contribution in [0.1, 0.15) is 27.2 Å². The first-order chi connectivity index (χ1) is 12.6. The highest BCUT2D eigenvalue weighted by molar-refractivity contribution is 5.96. The van der Waals surface area contributed by atoms with Crippen LogP contribution in [0, 0.1) is 6.92 Å². The highest BCUT2D eigenvalue weighted by Gasteiger charge is 2.24. The maximum Gasteiger partial charge on any atom is 0.254 e. The third-order valence-electron chi connectivity index (χ3n) is 5.09. The summed E-state index contributed by atoms with van der Waals surface area (Å²) >= 11 is 0. The van der Waals surface area contributed by atoms with E-state index in [2.05, 4.69) is 22.3 Å². The number of amides is 1. The normalized spacial score (nSPS) is 14.0.